The summed E-state index contributed by atoms with van der Waals surface area (Å²) in [4.78, 5) is 0. The Bertz CT molecular complexity index is 1120. The first-order valence-corrected chi connectivity index (χ1v) is 18.5. The number of hydrogen-bond donors (Lipinski definition) is 0. The minimum absolute atomic E-state index is 0.103. The van der Waals surface area contributed by atoms with Gasteiger partial charge in [-0.15, -0.1) is 0 Å². The second kappa shape index (κ2) is 9.31. The predicted octanol–water partition coefficient (Wildman–Crippen LogP) is 7.81. The number of rotatable bonds is 7. The van der Waals surface area contributed by atoms with Crippen LogP contribution in [0.1, 0.15) is 77.7 Å². The molecule has 192 valence electrons. The Kier molecular flexibility index (Phi) is 6.53. The molecule has 2 aromatic rings. The van der Waals surface area contributed by atoms with Gasteiger partial charge in [0.05, 0.1) is 8.07 Å². The minimum Gasteiger partial charge on any atom is -0.532 e. The molecule has 0 radical (unpaired) electrons. The highest BCUT2D eigenvalue weighted by Crippen LogP contribution is 2.62. The maximum atomic E-state index is 6.97. The van der Waals surface area contributed by atoms with Gasteiger partial charge in [0.25, 0.3) is 0 Å². The molecule has 2 nitrogen and oxygen atoms in total. The molecule has 0 atom stereocenters. The van der Waals surface area contributed by atoms with Crippen molar-refractivity contribution in [3.63, 3.8) is 0 Å². The highest BCUT2D eigenvalue weighted by atomic mass is 79.9. The van der Waals surface area contributed by atoms with E-state index in [1.165, 1.54) is 74.1 Å². The number of hydrogen-bond acceptors (Lipinski definition) is 2. The lowest BCUT2D eigenvalue weighted by atomic mass is 9.47. The molecule has 0 saturated heterocycles. The second-order valence-corrected chi connectivity index (χ2v) is 19.1. The van der Waals surface area contributed by atoms with E-state index in [1.54, 1.807) is 5.19 Å². The molecular weight excluding hydrogens is 523 g/mol. The maximum Gasteiger partial charge on any atom is 0.563 e. The fraction of sp³-hybridized carbons (Fsp3) is 0.613. The van der Waals surface area contributed by atoms with Crippen molar-refractivity contribution in [1.82, 2.24) is 0 Å². The molecule has 4 aliphatic carbocycles. The number of benzene rings is 2. The zero-order chi connectivity index (χ0) is 25.2. The summed E-state index contributed by atoms with van der Waals surface area (Å²) < 4.78 is 14.5. The summed E-state index contributed by atoms with van der Waals surface area (Å²) in [7, 11) is -1.94. The zero-order valence-electron chi connectivity index (χ0n) is 22.8. The van der Waals surface area contributed by atoms with Crippen molar-refractivity contribution in [1.29, 1.82) is 0 Å². The first-order chi connectivity index (χ1) is 17.2. The fourth-order valence-corrected chi connectivity index (χ4v) is 11.7. The fourth-order valence-electron chi connectivity index (χ4n) is 8.47. The molecule has 4 bridgehead atoms. The molecule has 1 heterocycles. The summed E-state index contributed by atoms with van der Waals surface area (Å²) in [5.74, 6) is 3.86. The van der Waals surface area contributed by atoms with Crippen molar-refractivity contribution in [2.24, 2.45) is 17.8 Å². The molecule has 0 spiro atoms. The van der Waals surface area contributed by atoms with Crippen LogP contribution in [-0.2, 0) is 10.1 Å². The monoisotopic (exact) mass is 564 g/mol. The largest absolute Gasteiger partial charge is 0.563 e. The topological polar surface area (TPSA) is 18.5 Å². The van der Waals surface area contributed by atoms with Crippen LogP contribution in [-0.4, -0.2) is 21.3 Å². The highest BCUT2D eigenvalue weighted by Gasteiger charge is 2.53. The standard InChI is InChI=1S/C31H42BBrO2Si/c1-6-7-11-36(4,5)24-15-25-29-27(9-8-10-28(29)33)32(34-20(2)3)35-30(25)26(16-24)31-17-21-12-22(18-31)14-23(13-21)19-31/h8-10,15-16,20-23H,6-7,11-14,17-19H2,1-5H3. The minimum atomic E-state index is -1.59. The Morgan fingerprint density at radius 3 is 2.36 bits per heavy atom. The van der Waals surface area contributed by atoms with Gasteiger partial charge in [0.1, 0.15) is 5.75 Å². The Morgan fingerprint density at radius 2 is 1.75 bits per heavy atom. The van der Waals surface area contributed by atoms with Crippen molar-refractivity contribution >= 4 is 41.8 Å². The van der Waals surface area contributed by atoms with E-state index in [0.29, 0.717) is 0 Å². The van der Waals surface area contributed by atoms with Crippen LogP contribution in [0.15, 0.2) is 34.8 Å². The Hall–Kier alpha value is -1.04. The van der Waals surface area contributed by atoms with E-state index in [9.17, 15) is 0 Å². The molecular formula is C31H42BBrO2Si. The van der Waals surface area contributed by atoms with Gasteiger partial charge < -0.3 is 9.31 Å². The lowest BCUT2D eigenvalue weighted by Crippen LogP contribution is -2.51. The molecule has 0 aromatic heterocycles. The number of fused-ring (bicyclic) bond motifs is 3. The quantitative estimate of drug-likeness (QED) is 0.319. The average Bonchev–Trinajstić information content (AvgIpc) is 2.81. The Labute approximate surface area is 228 Å². The molecule has 7 rings (SSSR count). The van der Waals surface area contributed by atoms with E-state index in [-0.39, 0.29) is 18.6 Å². The van der Waals surface area contributed by atoms with E-state index in [1.807, 2.05) is 0 Å². The van der Waals surface area contributed by atoms with E-state index in [4.69, 9.17) is 9.31 Å². The molecule has 5 heteroatoms. The van der Waals surface area contributed by atoms with E-state index in [0.717, 1.165) is 33.4 Å². The second-order valence-electron chi connectivity index (χ2n) is 13.4. The smallest absolute Gasteiger partial charge is 0.532 e. The summed E-state index contributed by atoms with van der Waals surface area (Å²) in [5.41, 5.74) is 5.57. The van der Waals surface area contributed by atoms with Gasteiger partial charge in [-0.25, -0.2) is 0 Å². The molecule has 2 aromatic carbocycles. The van der Waals surface area contributed by atoms with Crippen molar-refractivity contribution in [2.45, 2.75) is 103 Å². The van der Waals surface area contributed by atoms with Crippen LogP contribution in [0.25, 0.3) is 11.1 Å². The third-order valence-corrected chi connectivity index (χ3v) is 13.9. The van der Waals surface area contributed by atoms with Crippen LogP contribution >= 0.6 is 15.9 Å². The van der Waals surface area contributed by atoms with Gasteiger partial charge >= 0.3 is 7.12 Å². The Balaban J connectivity index is 1.57. The maximum absolute atomic E-state index is 6.97. The lowest BCUT2D eigenvalue weighted by molar-refractivity contribution is -0.00587. The third kappa shape index (κ3) is 4.25. The van der Waals surface area contributed by atoms with Crippen LogP contribution < -0.4 is 15.3 Å². The van der Waals surface area contributed by atoms with Crippen LogP contribution in [0.2, 0.25) is 19.1 Å². The van der Waals surface area contributed by atoms with Gasteiger partial charge in [0, 0.05) is 27.2 Å². The predicted molar refractivity (Wildman–Crippen MR) is 158 cm³/mol. The van der Waals surface area contributed by atoms with Gasteiger partial charge in [-0.2, -0.15) is 0 Å². The first kappa shape index (κ1) is 25.3. The lowest BCUT2D eigenvalue weighted by Gasteiger charge is -2.57. The van der Waals surface area contributed by atoms with E-state index < -0.39 is 8.07 Å². The zero-order valence-corrected chi connectivity index (χ0v) is 25.4. The summed E-state index contributed by atoms with van der Waals surface area (Å²) in [6, 6.07) is 13.0. The van der Waals surface area contributed by atoms with Crippen LogP contribution in [0.4, 0.5) is 0 Å². The normalized spacial score (nSPS) is 28.3. The first-order valence-electron chi connectivity index (χ1n) is 14.5. The van der Waals surface area contributed by atoms with Crippen LogP contribution in [0.5, 0.6) is 5.75 Å². The summed E-state index contributed by atoms with van der Waals surface area (Å²) in [6.45, 7) is 11.7. The van der Waals surface area contributed by atoms with Gasteiger partial charge in [0.15, 0.2) is 0 Å². The van der Waals surface area contributed by atoms with Crippen LogP contribution in [0, 0.1) is 17.8 Å². The van der Waals surface area contributed by atoms with Crippen molar-refractivity contribution in [3.05, 3.63) is 40.4 Å². The van der Waals surface area contributed by atoms with Gasteiger partial charge in [-0.3, -0.25) is 0 Å². The summed E-state index contributed by atoms with van der Waals surface area (Å²) in [5, 5.41) is 1.62. The van der Waals surface area contributed by atoms with Crippen molar-refractivity contribution in [2.75, 3.05) is 0 Å². The van der Waals surface area contributed by atoms with Gasteiger partial charge in [-0.1, -0.05) is 84.3 Å². The third-order valence-electron chi connectivity index (χ3n) is 9.83. The van der Waals surface area contributed by atoms with E-state index >= 15 is 0 Å². The summed E-state index contributed by atoms with van der Waals surface area (Å²) in [6.07, 6.45) is 11.2. The van der Waals surface area contributed by atoms with Crippen molar-refractivity contribution in [3.8, 4) is 16.9 Å². The molecule has 4 fully saturated rings. The Morgan fingerprint density at radius 1 is 1.08 bits per heavy atom. The molecule has 0 N–H and O–H groups in total. The molecule has 36 heavy (non-hydrogen) atoms. The molecule has 0 amide bonds. The number of halogens is 1. The SMILES string of the molecule is CCCC[Si](C)(C)c1cc2c(c(C34CC5CC(CC(C5)C3)C4)c1)OB(OC(C)C)c1cccc(Br)c1-2. The average molecular weight is 565 g/mol. The van der Waals surface area contributed by atoms with Gasteiger partial charge in [0.2, 0.25) is 0 Å². The number of unbranched alkanes of at least 4 members (excludes halogenated alkanes) is 1. The molecule has 1 aliphatic heterocycles. The van der Waals surface area contributed by atoms with Crippen LogP contribution in [0.3, 0.4) is 0 Å². The van der Waals surface area contributed by atoms with Gasteiger partial charge in [-0.05, 0) is 87.2 Å². The molecule has 5 aliphatic rings. The molecule has 0 unspecified atom stereocenters. The summed E-state index contributed by atoms with van der Waals surface area (Å²) >= 11 is 3.95. The van der Waals surface area contributed by atoms with E-state index in [2.05, 4.69) is 80.1 Å². The molecule has 4 saturated carbocycles. The van der Waals surface area contributed by atoms with Crippen molar-refractivity contribution < 1.29 is 9.31 Å². The highest BCUT2D eigenvalue weighted by molar-refractivity contribution is 9.10.